The molecule has 1 aromatic heterocycles. The summed E-state index contributed by atoms with van der Waals surface area (Å²) in [6.45, 7) is 2.32. The number of esters is 1. The number of rotatable bonds is 5. The molecule has 7 nitrogen and oxygen atoms in total. The van der Waals surface area contributed by atoms with Gasteiger partial charge in [0.25, 0.3) is 5.56 Å². The summed E-state index contributed by atoms with van der Waals surface area (Å²) in [7, 11) is 3.00. The van der Waals surface area contributed by atoms with Crippen molar-refractivity contribution < 1.29 is 14.3 Å². The Balaban J connectivity index is 1.91. The molecule has 0 unspecified atom stereocenters. The van der Waals surface area contributed by atoms with Gasteiger partial charge in [0.15, 0.2) is 0 Å². The first-order valence-electron chi connectivity index (χ1n) is 8.76. The Morgan fingerprint density at radius 3 is 2.59 bits per heavy atom. The van der Waals surface area contributed by atoms with Crippen LogP contribution in [0.5, 0.6) is 0 Å². The minimum absolute atomic E-state index is 0.0925. The second-order valence-corrected chi connectivity index (χ2v) is 6.83. The van der Waals surface area contributed by atoms with Crippen LogP contribution in [0.25, 0.3) is 5.69 Å². The van der Waals surface area contributed by atoms with E-state index in [1.54, 1.807) is 37.6 Å². The maximum Gasteiger partial charge on any atom is 0.340 e. The average molecular weight is 392 g/mol. The smallest absolute Gasteiger partial charge is 0.340 e. The van der Waals surface area contributed by atoms with Crippen LogP contribution >= 0.6 is 11.6 Å². The number of aromatic nitrogens is 2. The molecule has 0 bridgehead atoms. The number of para-hydroxylation sites is 1. The zero-order chi connectivity index (χ0) is 19.4. The molecule has 0 amide bonds. The van der Waals surface area contributed by atoms with E-state index in [0.717, 1.165) is 37.2 Å². The summed E-state index contributed by atoms with van der Waals surface area (Å²) < 4.78 is 11.1. The van der Waals surface area contributed by atoms with Crippen molar-refractivity contribution in [1.29, 1.82) is 0 Å². The summed E-state index contributed by atoms with van der Waals surface area (Å²) in [6.07, 6.45) is 3.52. The standard InChI is InChI=1S/C19H22ClN3O4/c1-26-12-13-7-9-22(10-8-13)16-11-21-23(18(24)17(16)20)15-6-4-3-5-14(15)19(25)27-2/h3-6,11,13H,7-10,12H2,1-2H3. The van der Waals surface area contributed by atoms with Crippen LogP contribution in [-0.4, -0.2) is 49.7 Å². The Hall–Kier alpha value is -2.38. The maximum atomic E-state index is 12.8. The molecule has 0 N–H and O–H groups in total. The predicted molar refractivity (Wildman–Crippen MR) is 103 cm³/mol. The fourth-order valence-electron chi connectivity index (χ4n) is 3.33. The molecule has 1 saturated heterocycles. The van der Waals surface area contributed by atoms with Crippen molar-refractivity contribution in [3.8, 4) is 5.69 Å². The van der Waals surface area contributed by atoms with Crippen LogP contribution in [-0.2, 0) is 9.47 Å². The number of nitrogens with zero attached hydrogens (tertiary/aromatic N) is 3. The molecule has 27 heavy (non-hydrogen) atoms. The number of carbonyl (C=O) groups excluding carboxylic acids is 1. The van der Waals surface area contributed by atoms with Gasteiger partial charge >= 0.3 is 5.97 Å². The van der Waals surface area contributed by atoms with Crippen molar-refractivity contribution >= 4 is 23.3 Å². The second kappa shape index (κ2) is 8.54. The van der Waals surface area contributed by atoms with Gasteiger partial charge in [0.2, 0.25) is 0 Å². The van der Waals surface area contributed by atoms with Gasteiger partial charge in [-0.25, -0.2) is 4.79 Å². The lowest BCUT2D eigenvalue weighted by atomic mass is 9.97. The van der Waals surface area contributed by atoms with Gasteiger partial charge in [-0.3, -0.25) is 4.79 Å². The van der Waals surface area contributed by atoms with Crippen LogP contribution in [0.1, 0.15) is 23.2 Å². The van der Waals surface area contributed by atoms with Crippen molar-refractivity contribution in [3.63, 3.8) is 0 Å². The molecule has 1 aliphatic heterocycles. The Bertz CT molecular complexity index is 875. The predicted octanol–water partition coefficient (Wildman–Crippen LogP) is 2.54. The number of hydrogen-bond acceptors (Lipinski definition) is 6. The Kier molecular flexibility index (Phi) is 6.13. The average Bonchev–Trinajstić information content (AvgIpc) is 2.70. The molecule has 1 aromatic carbocycles. The van der Waals surface area contributed by atoms with Gasteiger partial charge in [0.1, 0.15) is 5.02 Å². The Labute approximate surface area is 162 Å². The summed E-state index contributed by atoms with van der Waals surface area (Å²) in [5.41, 5.74) is 0.731. The fourth-order valence-corrected chi connectivity index (χ4v) is 3.58. The maximum absolute atomic E-state index is 12.8. The van der Waals surface area contributed by atoms with Crippen molar-refractivity contribution in [2.24, 2.45) is 5.92 Å². The fraction of sp³-hybridized carbons (Fsp3) is 0.421. The van der Waals surface area contributed by atoms with Gasteiger partial charge in [-0.05, 0) is 30.9 Å². The van der Waals surface area contributed by atoms with Crippen molar-refractivity contribution in [1.82, 2.24) is 9.78 Å². The van der Waals surface area contributed by atoms with E-state index in [1.165, 1.54) is 7.11 Å². The number of anilines is 1. The van der Waals surface area contributed by atoms with E-state index in [-0.39, 0.29) is 10.6 Å². The topological polar surface area (TPSA) is 73.7 Å². The zero-order valence-corrected chi connectivity index (χ0v) is 16.1. The largest absolute Gasteiger partial charge is 0.465 e. The molecule has 0 saturated carbocycles. The van der Waals surface area contributed by atoms with Crippen LogP contribution in [0.2, 0.25) is 5.02 Å². The van der Waals surface area contributed by atoms with Crippen LogP contribution in [0.3, 0.4) is 0 Å². The van der Waals surface area contributed by atoms with Crippen molar-refractivity contribution in [2.75, 3.05) is 38.8 Å². The lowest BCUT2D eigenvalue weighted by Crippen LogP contribution is -2.36. The first kappa shape index (κ1) is 19.4. The third-order valence-corrected chi connectivity index (χ3v) is 5.15. The van der Waals surface area contributed by atoms with Crippen LogP contribution in [0.4, 0.5) is 5.69 Å². The van der Waals surface area contributed by atoms with E-state index in [4.69, 9.17) is 21.1 Å². The minimum atomic E-state index is -0.542. The lowest BCUT2D eigenvalue weighted by molar-refractivity contribution is 0.0600. The van der Waals surface area contributed by atoms with Crippen molar-refractivity contribution in [3.05, 3.63) is 51.4 Å². The summed E-state index contributed by atoms with van der Waals surface area (Å²) >= 11 is 6.39. The highest BCUT2D eigenvalue weighted by atomic mass is 35.5. The summed E-state index contributed by atoms with van der Waals surface area (Å²) in [5.74, 6) is -0.0231. The Morgan fingerprint density at radius 2 is 1.93 bits per heavy atom. The van der Waals surface area contributed by atoms with Gasteiger partial charge in [-0.1, -0.05) is 23.7 Å². The lowest BCUT2D eigenvalue weighted by Gasteiger charge is -2.33. The van der Waals surface area contributed by atoms with Gasteiger partial charge < -0.3 is 14.4 Å². The summed E-state index contributed by atoms with van der Waals surface area (Å²) in [5, 5.41) is 4.36. The molecule has 2 heterocycles. The number of methoxy groups -OCH3 is 2. The van der Waals surface area contributed by atoms with E-state index in [9.17, 15) is 9.59 Å². The molecule has 144 valence electrons. The number of ether oxygens (including phenoxy) is 2. The molecule has 0 aliphatic carbocycles. The second-order valence-electron chi connectivity index (χ2n) is 6.46. The highest BCUT2D eigenvalue weighted by molar-refractivity contribution is 6.33. The molecule has 3 rings (SSSR count). The number of hydrogen-bond donors (Lipinski definition) is 0. The monoisotopic (exact) mass is 391 g/mol. The first-order valence-corrected chi connectivity index (χ1v) is 9.14. The van der Waals surface area contributed by atoms with E-state index in [0.29, 0.717) is 17.3 Å². The molecule has 0 spiro atoms. The first-order chi connectivity index (χ1) is 13.1. The van der Waals surface area contributed by atoms with E-state index >= 15 is 0 Å². The van der Waals surface area contributed by atoms with Crippen LogP contribution in [0, 0.1) is 5.92 Å². The van der Waals surface area contributed by atoms with Crippen LogP contribution in [0.15, 0.2) is 35.3 Å². The molecule has 0 radical (unpaired) electrons. The molecular formula is C19H22ClN3O4. The summed E-state index contributed by atoms with van der Waals surface area (Å²) in [6, 6.07) is 6.63. The van der Waals surface area contributed by atoms with Gasteiger partial charge in [-0.2, -0.15) is 9.78 Å². The van der Waals surface area contributed by atoms with E-state index in [1.807, 2.05) is 0 Å². The number of piperidine rings is 1. The number of carbonyl (C=O) groups is 1. The SMILES string of the molecule is COCC1CCN(c2cnn(-c3ccccc3C(=O)OC)c(=O)c2Cl)CC1. The molecule has 1 aliphatic rings. The highest BCUT2D eigenvalue weighted by Crippen LogP contribution is 2.27. The van der Waals surface area contributed by atoms with Crippen LogP contribution < -0.4 is 10.5 Å². The quantitative estimate of drug-likeness (QED) is 0.729. The van der Waals surface area contributed by atoms with E-state index < -0.39 is 11.5 Å². The summed E-state index contributed by atoms with van der Waals surface area (Å²) in [4.78, 5) is 26.9. The molecular weight excluding hydrogens is 370 g/mol. The third-order valence-electron chi connectivity index (χ3n) is 4.80. The number of benzene rings is 1. The Morgan fingerprint density at radius 1 is 1.22 bits per heavy atom. The highest BCUT2D eigenvalue weighted by Gasteiger charge is 2.23. The van der Waals surface area contributed by atoms with Gasteiger partial charge in [0.05, 0.1) is 30.2 Å². The zero-order valence-electron chi connectivity index (χ0n) is 15.4. The molecule has 1 fully saturated rings. The van der Waals surface area contributed by atoms with Crippen molar-refractivity contribution in [2.45, 2.75) is 12.8 Å². The normalized spacial score (nSPS) is 15.0. The van der Waals surface area contributed by atoms with Gasteiger partial charge in [-0.15, -0.1) is 0 Å². The third kappa shape index (κ3) is 3.99. The van der Waals surface area contributed by atoms with Gasteiger partial charge in [0, 0.05) is 26.8 Å². The minimum Gasteiger partial charge on any atom is -0.465 e. The number of halogens is 1. The molecule has 0 atom stereocenters. The van der Waals surface area contributed by atoms with E-state index in [2.05, 4.69) is 10.00 Å². The molecule has 8 heteroatoms. The molecule has 2 aromatic rings.